The molecule has 1 aromatic heterocycles. The summed E-state index contributed by atoms with van der Waals surface area (Å²) >= 11 is 0. The van der Waals surface area contributed by atoms with Crippen molar-refractivity contribution >= 4 is 10.0 Å². The summed E-state index contributed by atoms with van der Waals surface area (Å²) in [6, 6.07) is 15.1. The molecule has 28 heavy (non-hydrogen) atoms. The number of benzene rings is 1. The minimum Gasteiger partial charge on any atom is -0.376 e. The van der Waals surface area contributed by atoms with Crippen LogP contribution in [0, 0.1) is 0 Å². The molecule has 1 fully saturated rings. The summed E-state index contributed by atoms with van der Waals surface area (Å²) in [4.78, 5) is 12.2. The third-order valence-corrected chi connectivity index (χ3v) is 5.99. The van der Waals surface area contributed by atoms with Crippen molar-refractivity contribution in [3.8, 4) is 0 Å². The lowest BCUT2D eigenvalue weighted by Gasteiger charge is -2.30. The summed E-state index contributed by atoms with van der Waals surface area (Å²) in [5.74, 6) is 0.570. The van der Waals surface area contributed by atoms with Crippen LogP contribution in [-0.2, 0) is 14.8 Å². The molecule has 7 heteroatoms. The van der Waals surface area contributed by atoms with E-state index in [1.165, 1.54) is 16.2 Å². The lowest BCUT2D eigenvalue weighted by molar-refractivity contribution is 0.00737. The Morgan fingerprint density at radius 2 is 1.75 bits per heavy atom. The molecule has 1 aliphatic rings. The monoisotopic (exact) mass is 404 g/mol. The van der Waals surface area contributed by atoms with Gasteiger partial charge in [0.25, 0.3) is 5.56 Å². The number of rotatable bonds is 8. The molecule has 1 heterocycles. The van der Waals surface area contributed by atoms with Crippen LogP contribution in [0.2, 0.25) is 0 Å². The van der Waals surface area contributed by atoms with Gasteiger partial charge < -0.3 is 9.30 Å². The number of pyridine rings is 1. The van der Waals surface area contributed by atoms with Crippen molar-refractivity contribution in [1.82, 2.24) is 9.29 Å². The zero-order valence-corrected chi connectivity index (χ0v) is 17.0. The summed E-state index contributed by atoms with van der Waals surface area (Å²) in [6.45, 7) is 0.426. The molecule has 0 saturated heterocycles. The minimum atomic E-state index is -3.34. The summed E-state index contributed by atoms with van der Waals surface area (Å²) in [5, 5.41) is 0. The lowest BCUT2D eigenvalue weighted by Crippen LogP contribution is -2.37. The Labute approximate surface area is 166 Å². The molecule has 2 aromatic rings. The summed E-state index contributed by atoms with van der Waals surface area (Å²) < 4.78 is 33.1. The highest BCUT2D eigenvalue weighted by atomic mass is 32.2. The maximum Gasteiger partial charge on any atom is 0.250 e. The molecule has 1 aliphatic carbocycles. The van der Waals surface area contributed by atoms with Crippen LogP contribution >= 0.6 is 0 Å². The maximum atomic E-state index is 12.2. The first kappa shape index (κ1) is 20.8. The van der Waals surface area contributed by atoms with Gasteiger partial charge in [0.2, 0.25) is 10.0 Å². The average molecular weight is 405 g/mol. The van der Waals surface area contributed by atoms with Crippen LogP contribution in [0.25, 0.3) is 0 Å². The second-order valence-corrected chi connectivity index (χ2v) is 9.27. The highest BCUT2D eigenvalue weighted by Crippen LogP contribution is 2.34. The van der Waals surface area contributed by atoms with Gasteiger partial charge >= 0.3 is 0 Å². The van der Waals surface area contributed by atoms with Crippen LogP contribution in [0.5, 0.6) is 0 Å². The number of nitrogens with zero attached hydrogens (tertiary/aromatic N) is 1. The first-order valence-corrected chi connectivity index (χ1v) is 11.6. The van der Waals surface area contributed by atoms with Crippen LogP contribution in [0.1, 0.15) is 43.2 Å². The fourth-order valence-corrected chi connectivity index (χ4v) is 4.26. The minimum absolute atomic E-state index is 0.127. The molecular formula is C21H28N2O4S. The molecule has 0 radical (unpaired) electrons. The molecule has 3 rings (SSSR count). The number of aromatic nitrogens is 1. The van der Waals surface area contributed by atoms with Gasteiger partial charge in [0.1, 0.15) is 0 Å². The van der Waals surface area contributed by atoms with E-state index in [0.717, 1.165) is 31.9 Å². The number of sulfonamides is 1. The molecule has 0 spiro atoms. The van der Waals surface area contributed by atoms with Crippen LogP contribution in [0.15, 0.2) is 59.5 Å². The van der Waals surface area contributed by atoms with Gasteiger partial charge in [-0.2, -0.15) is 0 Å². The molecule has 1 atom stereocenters. The van der Waals surface area contributed by atoms with Gasteiger partial charge in [-0.05, 0) is 43.2 Å². The largest absolute Gasteiger partial charge is 0.376 e. The van der Waals surface area contributed by atoms with E-state index < -0.39 is 10.0 Å². The molecule has 1 saturated carbocycles. The van der Waals surface area contributed by atoms with Crippen molar-refractivity contribution in [2.24, 2.45) is 0 Å². The van der Waals surface area contributed by atoms with Gasteiger partial charge in [-0.1, -0.05) is 36.4 Å². The van der Waals surface area contributed by atoms with E-state index in [1.807, 2.05) is 6.07 Å². The van der Waals surface area contributed by atoms with Crippen LogP contribution < -0.4 is 10.3 Å². The normalized spacial score (nSPS) is 21.3. The van der Waals surface area contributed by atoms with Crippen LogP contribution in [0.4, 0.5) is 0 Å². The van der Waals surface area contributed by atoms with Gasteiger partial charge in [0, 0.05) is 18.8 Å². The van der Waals surface area contributed by atoms with Crippen LogP contribution in [-0.4, -0.2) is 38.5 Å². The highest BCUT2D eigenvalue weighted by molar-refractivity contribution is 7.88. The van der Waals surface area contributed by atoms with Gasteiger partial charge in [-0.25, -0.2) is 13.1 Å². The third-order valence-electron chi connectivity index (χ3n) is 5.30. The van der Waals surface area contributed by atoms with Crippen molar-refractivity contribution in [2.45, 2.75) is 43.7 Å². The first-order chi connectivity index (χ1) is 13.4. The number of hydrogen-bond donors (Lipinski definition) is 1. The molecule has 0 amide bonds. The zero-order valence-electron chi connectivity index (χ0n) is 16.2. The molecule has 6 nitrogen and oxygen atoms in total. The van der Waals surface area contributed by atoms with Crippen molar-refractivity contribution in [3.05, 3.63) is 70.6 Å². The van der Waals surface area contributed by atoms with E-state index in [0.29, 0.717) is 12.5 Å². The number of hydrogen-bond acceptors (Lipinski definition) is 4. The van der Waals surface area contributed by atoms with E-state index in [4.69, 9.17) is 4.74 Å². The van der Waals surface area contributed by atoms with Gasteiger partial charge in [-0.3, -0.25) is 4.79 Å². The van der Waals surface area contributed by atoms with Crippen molar-refractivity contribution in [2.75, 3.05) is 19.4 Å². The van der Waals surface area contributed by atoms with Gasteiger partial charge in [0.15, 0.2) is 0 Å². The quantitative estimate of drug-likeness (QED) is 0.734. The summed E-state index contributed by atoms with van der Waals surface area (Å²) in [7, 11) is -3.34. The first-order valence-electron chi connectivity index (χ1n) is 9.71. The maximum absolute atomic E-state index is 12.2. The standard InChI is InChI=1S/C21H28N2O4S/c1-28(25,26)22-15-19(23-14-6-5-9-21(23)24)16-27-20-12-10-18(11-13-20)17-7-3-2-4-8-17/h2-9,14,18-20,22H,10-13,15-16H2,1H3/t18-,19?,20+. The second-order valence-electron chi connectivity index (χ2n) is 7.44. The fourth-order valence-electron chi connectivity index (χ4n) is 3.76. The Morgan fingerprint density at radius 1 is 1.07 bits per heavy atom. The Kier molecular flexibility index (Phi) is 7.04. The predicted molar refractivity (Wildman–Crippen MR) is 110 cm³/mol. The topological polar surface area (TPSA) is 77.4 Å². The Hall–Kier alpha value is -1.96. The average Bonchev–Trinajstić information content (AvgIpc) is 2.69. The lowest BCUT2D eigenvalue weighted by atomic mass is 9.83. The Balaban J connectivity index is 1.58. The molecule has 1 N–H and O–H groups in total. The van der Waals surface area contributed by atoms with Crippen molar-refractivity contribution < 1.29 is 13.2 Å². The van der Waals surface area contributed by atoms with Crippen molar-refractivity contribution in [1.29, 1.82) is 0 Å². The molecule has 0 bridgehead atoms. The summed E-state index contributed by atoms with van der Waals surface area (Å²) in [6.07, 6.45) is 7.01. The molecule has 1 unspecified atom stereocenters. The van der Waals surface area contributed by atoms with E-state index in [2.05, 4.69) is 29.0 Å². The number of nitrogens with one attached hydrogen (secondary N) is 1. The molecule has 0 aliphatic heterocycles. The Morgan fingerprint density at radius 3 is 2.39 bits per heavy atom. The molecule has 1 aromatic carbocycles. The van der Waals surface area contributed by atoms with Gasteiger partial charge in [-0.15, -0.1) is 0 Å². The zero-order chi connectivity index (χ0) is 20.0. The van der Waals surface area contributed by atoms with Crippen molar-refractivity contribution in [3.63, 3.8) is 0 Å². The fraction of sp³-hybridized carbons (Fsp3) is 0.476. The van der Waals surface area contributed by atoms with E-state index in [9.17, 15) is 13.2 Å². The SMILES string of the molecule is CS(=O)(=O)NCC(CO[C@H]1CC[C@@H](c2ccccc2)CC1)n1ccccc1=O. The molecular weight excluding hydrogens is 376 g/mol. The molecule has 152 valence electrons. The van der Waals surface area contributed by atoms with Gasteiger partial charge in [0.05, 0.1) is 25.0 Å². The van der Waals surface area contributed by atoms with E-state index in [1.54, 1.807) is 18.3 Å². The van der Waals surface area contributed by atoms with E-state index in [-0.39, 0.29) is 24.2 Å². The second kappa shape index (κ2) is 9.49. The van der Waals surface area contributed by atoms with E-state index >= 15 is 0 Å². The highest BCUT2D eigenvalue weighted by Gasteiger charge is 2.24. The predicted octanol–water partition coefficient (Wildman–Crippen LogP) is 2.68. The van der Waals surface area contributed by atoms with Crippen LogP contribution in [0.3, 0.4) is 0 Å². The smallest absolute Gasteiger partial charge is 0.250 e. The number of ether oxygens (including phenoxy) is 1. The third kappa shape index (κ3) is 6.02. The Bertz CT molecular complexity index is 903. The summed E-state index contributed by atoms with van der Waals surface area (Å²) in [5.41, 5.74) is 1.21.